The maximum absolute atomic E-state index is 13.0. The van der Waals surface area contributed by atoms with Gasteiger partial charge in [-0.05, 0) is 42.9 Å². The van der Waals surface area contributed by atoms with E-state index in [9.17, 15) is 14.7 Å². The summed E-state index contributed by atoms with van der Waals surface area (Å²) in [5.41, 5.74) is 1.64. The van der Waals surface area contributed by atoms with Crippen molar-refractivity contribution in [2.45, 2.75) is 32.6 Å². The van der Waals surface area contributed by atoms with Crippen molar-refractivity contribution in [3.05, 3.63) is 35.6 Å². The van der Waals surface area contributed by atoms with Gasteiger partial charge in [0, 0.05) is 18.5 Å². The zero-order chi connectivity index (χ0) is 16.9. The van der Waals surface area contributed by atoms with Crippen LogP contribution in [-0.2, 0) is 11.2 Å². The number of furan rings is 1. The van der Waals surface area contributed by atoms with E-state index >= 15 is 0 Å². The van der Waals surface area contributed by atoms with Gasteiger partial charge in [-0.1, -0.05) is 19.4 Å². The first-order valence-electron chi connectivity index (χ1n) is 8.58. The maximum atomic E-state index is 13.0. The molecule has 5 nitrogen and oxygen atoms in total. The lowest BCUT2D eigenvalue weighted by molar-refractivity contribution is -0.149. The third kappa shape index (κ3) is 2.07. The molecule has 126 valence electrons. The molecule has 1 aromatic heterocycles. The highest BCUT2D eigenvalue weighted by Gasteiger charge is 2.55. The summed E-state index contributed by atoms with van der Waals surface area (Å²) in [6, 6.07) is 5.89. The fourth-order valence-corrected chi connectivity index (χ4v) is 4.43. The number of fused-ring (bicyclic) bond motifs is 2. The second kappa shape index (κ2) is 5.36. The number of carboxylic acids is 1. The monoisotopic (exact) mass is 327 g/mol. The van der Waals surface area contributed by atoms with Gasteiger partial charge in [-0.2, -0.15) is 0 Å². The molecule has 0 radical (unpaired) electrons. The van der Waals surface area contributed by atoms with Crippen molar-refractivity contribution < 1.29 is 19.1 Å². The number of likely N-dealkylation sites (tertiary alicyclic amines) is 1. The van der Waals surface area contributed by atoms with Crippen LogP contribution in [0.1, 0.15) is 42.1 Å². The van der Waals surface area contributed by atoms with E-state index in [1.54, 1.807) is 4.90 Å². The number of carbonyl (C=O) groups excluding carboxylic acids is 1. The molecule has 0 unspecified atom stereocenters. The summed E-state index contributed by atoms with van der Waals surface area (Å²) in [4.78, 5) is 26.5. The number of rotatable bonds is 3. The van der Waals surface area contributed by atoms with Crippen LogP contribution in [-0.4, -0.2) is 35.0 Å². The summed E-state index contributed by atoms with van der Waals surface area (Å²) >= 11 is 0. The van der Waals surface area contributed by atoms with Gasteiger partial charge in [0.15, 0.2) is 0 Å². The van der Waals surface area contributed by atoms with Crippen LogP contribution in [0.2, 0.25) is 0 Å². The summed E-state index contributed by atoms with van der Waals surface area (Å²) in [5, 5.41) is 10.5. The molecule has 1 aliphatic heterocycles. The number of hydrogen-bond donors (Lipinski definition) is 1. The predicted molar refractivity (Wildman–Crippen MR) is 88.9 cm³/mol. The van der Waals surface area contributed by atoms with Gasteiger partial charge >= 0.3 is 5.97 Å². The van der Waals surface area contributed by atoms with Gasteiger partial charge in [-0.15, -0.1) is 0 Å². The molecule has 4 rings (SSSR count). The number of carboxylic acid groups (broad SMARTS) is 1. The fourth-order valence-electron chi connectivity index (χ4n) is 4.43. The van der Waals surface area contributed by atoms with Crippen LogP contribution in [0.5, 0.6) is 0 Å². The summed E-state index contributed by atoms with van der Waals surface area (Å²) < 4.78 is 5.53. The minimum atomic E-state index is -0.759. The van der Waals surface area contributed by atoms with Crippen molar-refractivity contribution in [3.63, 3.8) is 0 Å². The highest BCUT2D eigenvalue weighted by molar-refractivity contribution is 6.06. The molecule has 24 heavy (non-hydrogen) atoms. The van der Waals surface area contributed by atoms with Crippen LogP contribution in [0.3, 0.4) is 0 Å². The van der Waals surface area contributed by atoms with Crippen LogP contribution in [0.15, 0.2) is 28.9 Å². The minimum absolute atomic E-state index is 0.0725. The van der Waals surface area contributed by atoms with E-state index in [-0.39, 0.29) is 11.8 Å². The molecular weight excluding hydrogens is 306 g/mol. The molecule has 5 heteroatoms. The summed E-state index contributed by atoms with van der Waals surface area (Å²) in [6.45, 7) is 2.91. The molecule has 1 N–H and O–H groups in total. The van der Waals surface area contributed by atoms with E-state index < -0.39 is 11.4 Å². The highest BCUT2D eigenvalue weighted by Crippen LogP contribution is 2.49. The first-order chi connectivity index (χ1) is 11.5. The first kappa shape index (κ1) is 15.2. The van der Waals surface area contributed by atoms with Gasteiger partial charge in [0.1, 0.15) is 11.8 Å². The smallest absolute Gasteiger partial charge is 0.311 e. The Morgan fingerprint density at radius 3 is 2.96 bits per heavy atom. The standard InChI is InChI=1S/C19H21NO4/c1-2-12-5-6-16-14(8-12)15(10-24-16)17(21)20-9-13-4-3-7-19(13,11-20)18(22)23/h5-6,8,10,13H,2-4,7,9,11H2,1H3,(H,22,23)/t13-,19+/m0/s1. The molecule has 0 bridgehead atoms. The number of nitrogens with zero attached hydrogens (tertiary/aromatic N) is 1. The summed E-state index contributed by atoms with van der Waals surface area (Å²) in [5.74, 6) is -0.800. The van der Waals surface area contributed by atoms with E-state index in [1.165, 1.54) is 6.26 Å². The number of hydrogen-bond acceptors (Lipinski definition) is 3. The Labute approximate surface area is 140 Å². The second-order valence-corrected chi connectivity index (χ2v) is 7.07. The Balaban J connectivity index is 1.67. The minimum Gasteiger partial charge on any atom is -0.481 e. The zero-order valence-corrected chi connectivity index (χ0v) is 13.7. The largest absolute Gasteiger partial charge is 0.481 e. The summed E-state index contributed by atoms with van der Waals surface area (Å²) in [7, 11) is 0. The van der Waals surface area contributed by atoms with Crippen molar-refractivity contribution in [2.75, 3.05) is 13.1 Å². The van der Waals surface area contributed by atoms with Crippen molar-refractivity contribution in [1.82, 2.24) is 4.90 Å². The van der Waals surface area contributed by atoms with E-state index in [1.807, 2.05) is 18.2 Å². The van der Waals surface area contributed by atoms with Gasteiger partial charge in [0.25, 0.3) is 5.91 Å². The fraction of sp³-hybridized carbons (Fsp3) is 0.474. The third-order valence-corrected chi connectivity index (χ3v) is 5.86. The molecule has 1 amide bonds. The second-order valence-electron chi connectivity index (χ2n) is 7.07. The van der Waals surface area contributed by atoms with Crippen LogP contribution in [0.25, 0.3) is 11.0 Å². The lowest BCUT2D eigenvalue weighted by Gasteiger charge is -2.23. The third-order valence-electron chi connectivity index (χ3n) is 5.86. The van der Waals surface area contributed by atoms with E-state index in [4.69, 9.17) is 4.42 Å². The van der Waals surface area contributed by atoms with Crippen LogP contribution < -0.4 is 0 Å². The van der Waals surface area contributed by atoms with Gasteiger partial charge < -0.3 is 14.4 Å². The van der Waals surface area contributed by atoms with E-state index in [0.29, 0.717) is 30.7 Å². The molecule has 2 fully saturated rings. The van der Waals surface area contributed by atoms with Crippen molar-refractivity contribution >= 4 is 22.8 Å². The quantitative estimate of drug-likeness (QED) is 0.939. The Bertz CT molecular complexity index is 824. The summed E-state index contributed by atoms with van der Waals surface area (Å²) in [6.07, 6.45) is 4.90. The molecular formula is C19H21NO4. The van der Waals surface area contributed by atoms with Gasteiger partial charge in [-0.3, -0.25) is 9.59 Å². The molecule has 2 aromatic rings. The van der Waals surface area contributed by atoms with Crippen LogP contribution in [0, 0.1) is 11.3 Å². The molecule has 2 aliphatic rings. The highest BCUT2D eigenvalue weighted by atomic mass is 16.4. The predicted octanol–water partition coefficient (Wildman–Crippen LogP) is 3.32. The molecule has 0 spiro atoms. The lowest BCUT2D eigenvalue weighted by Crippen LogP contribution is -2.37. The normalized spacial score (nSPS) is 26.0. The molecule has 1 saturated carbocycles. The Kier molecular flexibility index (Phi) is 3.41. The number of carbonyl (C=O) groups is 2. The topological polar surface area (TPSA) is 70.8 Å². The Morgan fingerprint density at radius 1 is 1.42 bits per heavy atom. The average molecular weight is 327 g/mol. The van der Waals surface area contributed by atoms with E-state index in [2.05, 4.69) is 6.92 Å². The van der Waals surface area contributed by atoms with Gasteiger partial charge in [0.2, 0.25) is 0 Å². The zero-order valence-electron chi connectivity index (χ0n) is 13.7. The van der Waals surface area contributed by atoms with Crippen molar-refractivity contribution in [2.24, 2.45) is 11.3 Å². The molecule has 1 saturated heterocycles. The van der Waals surface area contributed by atoms with Gasteiger partial charge in [-0.25, -0.2) is 0 Å². The number of benzene rings is 1. The molecule has 2 atom stereocenters. The molecule has 1 aliphatic carbocycles. The van der Waals surface area contributed by atoms with Crippen molar-refractivity contribution in [1.29, 1.82) is 0 Å². The SMILES string of the molecule is CCc1ccc2occ(C(=O)N3C[C@@H]4CCC[C@@]4(C(=O)O)C3)c2c1. The lowest BCUT2D eigenvalue weighted by atomic mass is 9.81. The first-order valence-corrected chi connectivity index (χ1v) is 8.58. The van der Waals surface area contributed by atoms with Crippen molar-refractivity contribution in [3.8, 4) is 0 Å². The van der Waals surface area contributed by atoms with Crippen LogP contribution in [0.4, 0.5) is 0 Å². The number of amides is 1. The molecule has 1 aromatic carbocycles. The number of aliphatic carboxylic acids is 1. The Morgan fingerprint density at radius 2 is 2.25 bits per heavy atom. The van der Waals surface area contributed by atoms with E-state index in [0.717, 1.165) is 30.2 Å². The Hall–Kier alpha value is -2.30. The molecule has 2 heterocycles. The van der Waals surface area contributed by atoms with Crippen LogP contribution >= 0.6 is 0 Å². The van der Waals surface area contributed by atoms with Gasteiger partial charge in [0.05, 0.1) is 11.0 Å². The average Bonchev–Trinajstić information content (AvgIpc) is 3.25. The number of aryl methyl sites for hydroxylation is 1. The maximum Gasteiger partial charge on any atom is 0.311 e.